The Morgan fingerprint density at radius 3 is 1.56 bits per heavy atom. The minimum atomic E-state index is -4.45. The van der Waals surface area contributed by atoms with Gasteiger partial charge < -0.3 is 9.80 Å². The fourth-order valence-electron chi connectivity index (χ4n) is 9.47. The second-order valence-corrected chi connectivity index (χ2v) is 15.6. The molecule has 57 heavy (non-hydrogen) atoms. The van der Waals surface area contributed by atoms with Gasteiger partial charge in [0.15, 0.2) is 0 Å². The van der Waals surface area contributed by atoms with Crippen LogP contribution in [-0.4, -0.2) is 12.3 Å². The second-order valence-electron chi connectivity index (χ2n) is 15.6. The molecule has 9 rings (SSSR count). The number of anilines is 4. The van der Waals surface area contributed by atoms with Gasteiger partial charge in [-0.1, -0.05) is 108 Å². The highest BCUT2D eigenvalue weighted by Gasteiger charge is 2.58. The molecule has 2 nitrogen and oxygen atoms in total. The molecule has 0 aromatic heterocycles. The fourth-order valence-corrected chi connectivity index (χ4v) is 9.47. The van der Waals surface area contributed by atoms with Gasteiger partial charge in [0.1, 0.15) is 0 Å². The van der Waals surface area contributed by atoms with E-state index in [0.717, 1.165) is 91.5 Å². The first-order valence-electron chi connectivity index (χ1n) is 18.9. The van der Waals surface area contributed by atoms with Crippen LogP contribution < -0.4 is 20.7 Å². The summed E-state index contributed by atoms with van der Waals surface area (Å²) in [6, 6.07) is 39.5. The molecule has 0 saturated heterocycles. The average Bonchev–Trinajstić information content (AvgIpc) is 3.17. The van der Waals surface area contributed by atoms with Gasteiger partial charge in [-0.3, -0.25) is 0 Å². The average molecular weight is 767 g/mol. The molecule has 2 unspecified atom stereocenters. The third-order valence-corrected chi connectivity index (χ3v) is 11.8. The first kappa shape index (κ1) is 36.7. The summed E-state index contributed by atoms with van der Waals surface area (Å²) in [6.07, 6.45) is -4.37. The van der Waals surface area contributed by atoms with E-state index in [1.807, 2.05) is 48.5 Å². The van der Waals surface area contributed by atoms with Crippen molar-refractivity contribution in [3.05, 3.63) is 179 Å². The molecule has 1 aliphatic carbocycles. The molecule has 6 aromatic rings. The molecule has 0 saturated carbocycles. The maximum Gasteiger partial charge on any atom is 0.416 e. The molecule has 6 aromatic carbocycles. The van der Waals surface area contributed by atoms with Crippen molar-refractivity contribution in [1.82, 2.24) is 0 Å². The lowest BCUT2D eigenvalue weighted by atomic mass is 9.26. The van der Waals surface area contributed by atoms with E-state index in [1.165, 1.54) is 12.1 Å². The first-order valence-corrected chi connectivity index (χ1v) is 18.9. The van der Waals surface area contributed by atoms with Crippen molar-refractivity contribution < 1.29 is 26.3 Å². The topological polar surface area (TPSA) is 6.48 Å². The van der Waals surface area contributed by atoms with Crippen LogP contribution in [0.5, 0.6) is 0 Å². The lowest BCUT2D eigenvalue weighted by Gasteiger charge is -2.59. The molecule has 0 bridgehead atoms. The highest BCUT2D eigenvalue weighted by atomic mass is 19.4. The number of rotatable bonds is 4. The van der Waals surface area contributed by atoms with Crippen molar-refractivity contribution in [3.63, 3.8) is 0 Å². The quantitative estimate of drug-likeness (QED) is 0.130. The van der Waals surface area contributed by atoms with Gasteiger partial charge in [-0.2, -0.15) is 26.3 Å². The summed E-state index contributed by atoms with van der Waals surface area (Å²) in [6.45, 7) is 8.41. The summed E-state index contributed by atoms with van der Waals surface area (Å²) in [5.74, 6) is -0.175. The zero-order valence-corrected chi connectivity index (χ0v) is 31.7. The van der Waals surface area contributed by atoms with Gasteiger partial charge in [0.2, 0.25) is 6.71 Å². The maximum absolute atomic E-state index is 13.7. The summed E-state index contributed by atoms with van der Waals surface area (Å²) in [4.78, 5) is 4.66. The lowest BCUT2D eigenvalue weighted by molar-refractivity contribution is -0.138. The minimum absolute atomic E-state index is 0.0839. The van der Waals surface area contributed by atoms with Crippen molar-refractivity contribution in [2.24, 2.45) is 0 Å². The normalized spacial score (nSPS) is 18.7. The molecule has 3 aliphatic rings. The van der Waals surface area contributed by atoms with Crippen LogP contribution in [0.2, 0.25) is 5.82 Å². The van der Waals surface area contributed by atoms with E-state index in [2.05, 4.69) is 86.0 Å². The number of hydrogen-bond donors (Lipinski definition) is 0. The molecule has 2 aliphatic heterocycles. The third kappa shape index (κ3) is 5.98. The molecule has 0 amide bonds. The first-order chi connectivity index (χ1) is 27.1. The Balaban J connectivity index is 1.29. The van der Waals surface area contributed by atoms with Crippen LogP contribution in [0, 0.1) is 13.8 Å². The van der Waals surface area contributed by atoms with Crippen LogP contribution in [0.1, 0.15) is 36.1 Å². The number of hydrogen-bond acceptors (Lipinski definition) is 2. The van der Waals surface area contributed by atoms with E-state index in [0.29, 0.717) is 11.1 Å². The van der Waals surface area contributed by atoms with Crippen LogP contribution >= 0.6 is 0 Å². The van der Waals surface area contributed by atoms with Gasteiger partial charge in [-0.15, -0.1) is 0 Å². The van der Waals surface area contributed by atoms with Gasteiger partial charge in [-0.05, 0) is 104 Å². The predicted molar refractivity (Wildman–Crippen MR) is 219 cm³/mol. The molecule has 9 heteroatoms. The van der Waals surface area contributed by atoms with Crippen LogP contribution in [0.25, 0.3) is 22.3 Å². The molecule has 2 heterocycles. The standard InChI is InChI=1S/C48H37BF6N2/c1-29-13-23-42-38(25-29)49-39-26-30(2)14-24-43(39)57(41-12-8-6-10-37(41)33-17-21-35(22-18-33)48(53,54)55)46(4)28-31(3)27-44(45(46)49)56(42)40-11-7-5-9-36(40)32-15-19-34(20-16-32)47(50,51)52/h5-28,45H,1-4H3. The van der Waals surface area contributed by atoms with E-state index in [9.17, 15) is 26.3 Å². The summed E-state index contributed by atoms with van der Waals surface area (Å²) in [5.41, 5.74) is 11.1. The third-order valence-electron chi connectivity index (χ3n) is 11.8. The van der Waals surface area contributed by atoms with Crippen LogP contribution in [0.4, 0.5) is 49.1 Å². The SMILES string of the molecule is CC1=CC2(C)C3B(c4cc(C)ccc4N(c4ccccc4-c4ccc(C(F)(F)F)cc4)C3=C1)c1cc(C)ccc1N2c1ccccc1-c1ccc(C(F)(F)F)cc1. The number of para-hydroxylation sites is 2. The van der Waals surface area contributed by atoms with E-state index >= 15 is 0 Å². The van der Waals surface area contributed by atoms with Gasteiger partial charge in [0.05, 0.1) is 22.4 Å². The molecule has 0 radical (unpaired) electrons. The van der Waals surface area contributed by atoms with E-state index < -0.39 is 29.0 Å². The summed E-state index contributed by atoms with van der Waals surface area (Å²) < 4.78 is 82.0. The number of aryl methyl sites for hydroxylation is 2. The Labute approximate surface area is 328 Å². The Morgan fingerprint density at radius 1 is 0.544 bits per heavy atom. The van der Waals surface area contributed by atoms with Gasteiger partial charge in [0.25, 0.3) is 0 Å². The van der Waals surface area contributed by atoms with Crippen molar-refractivity contribution in [1.29, 1.82) is 0 Å². The maximum atomic E-state index is 13.7. The Kier molecular flexibility index (Phi) is 8.40. The molecule has 0 fully saturated rings. The van der Waals surface area contributed by atoms with E-state index in [-0.39, 0.29) is 12.5 Å². The molecular formula is C48H37BF6N2. The minimum Gasteiger partial charge on any atom is -0.332 e. The largest absolute Gasteiger partial charge is 0.416 e. The fraction of sp³-hybridized carbons (Fsp3) is 0.167. The highest BCUT2D eigenvalue weighted by molar-refractivity contribution is 6.90. The number of alkyl halides is 6. The zero-order valence-electron chi connectivity index (χ0n) is 31.7. The summed E-state index contributed by atoms with van der Waals surface area (Å²) in [5, 5.41) is 0. The number of allylic oxidation sites excluding steroid dienone is 2. The van der Waals surface area contributed by atoms with E-state index in [1.54, 1.807) is 12.1 Å². The summed E-state index contributed by atoms with van der Waals surface area (Å²) >= 11 is 0. The van der Waals surface area contributed by atoms with Gasteiger partial charge in [0, 0.05) is 39.7 Å². The molecule has 0 N–H and O–H groups in total. The molecule has 284 valence electrons. The van der Waals surface area contributed by atoms with Gasteiger partial charge in [-0.25, -0.2) is 0 Å². The summed E-state index contributed by atoms with van der Waals surface area (Å²) in [7, 11) is 0. The smallest absolute Gasteiger partial charge is 0.332 e. The molecular weight excluding hydrogens is 729 g/mol. The van der Waals surface area contributed by atoms with Crippen LogP contribution in [-0.2, 0) is 12.4 Å². The van der Waals surface area contributed by atoms with Crippen LogP contribution in [0.3, 0.4) is 0 Å². The monoisotopic (exact) mass is 766 g/mol. The van der Waals surface area contributed by atoms with Crippen molar-refractivity contribution >= 4 is 40.4 Å². The number of nitrogens with zero attached hydrogens (tertiary/aromatic N) is 2. The lowest BCUT2D eigenvalue weighted by Crippen LogP contribution is -2.68. The molecule has 0 spiro atoms. The highest BCUT2D eigenvalue weighted by Crippen LogP contribution is 2.57. The Hall–Kier alpha value is -5.96. The zero-order chi connectivity index (χ0) is 40.0. The Morgan fingerprint density at radius 2 is 1.02 bits per heavy atom. The second kappa shape index (κ2) is 13.0. The number of halogens is 6. The van der Waals surface area contributed by atoms with E-state index in [4.69, 9.17) is 0 Å². The van der Waals surface area contributed by atoms with Crippen molar-refractivity contribution in [3.8, 4) is 22.3 Å². The van der Waals surface area contributed by atoms with Gasteiger partial charge >= 0.3 is 12.4 Å². The van der Waals surface area contributed by atoms with Crippen molar-refractivity contribution in [2.75, 3.05) is 9.80 Å². The Bertz CT molecular complexity index is 2620. The predicted octanol–water partition coefficient (Wildman–Crippen LogP) is 12.6. The van der Waals surface area contributed by atoms with Crippen molar-refractivity contribution in [2.45, 2.75) is 51.4 Å². The number of fused-ring (bicyclic) bond motifs is 4. The van der Waals surface area contributed by atoms with Crippen LogP contribution in [0.15, 0.2) is 157 Å². The molecule has 2 atom stereocenters. The number of benzene rings is 6.